The van der Waals surface area contributed by atoms with Gasteiger partial charge in [0.05, 0.1) is 35.7 Å². The number of hydrogen-bond acceptors (Lipinski definition) is 36. The largest absolute Gasteiger partial charge is 2.00 e. The molecule has 6 aliphatic rings. The quantitative estimate of drug-likeness (QED) is 0.0500. The summed E-state index contributed by atoms with van der Waals surface area (Å²) in [5.41, 5.74) is 1.13. The number of anilines is 7. The zero-order valence-corrected chi connectivity index (χ0v) is 87.1. The summed E-state index contributed by atoms with van der Waals surface area (Å²) in [5, 5.41) is 90.1. The smallest absolute Gasteiger partial charge is 0.564 e. The molecule has 6 saturated heterocycles. The molecule has 0 spiro atoms. The van der Waals surface area contributed by atoms with Crippen molar-refractivity contribution in [3.05, 3.63) is 70.3 Å². The molecular formula is C59H116B12N42Pt6. The van der Waals surface area contributed by atoms with Gasteiger partial charge in [-0.15, -0.1) is 31.3 Å². The van der Waals surface area contributed by atoms with E-state index in [-0.39, 0.29) is 175 Å². The molecule has 0 N–H and O–H groups in total. The molecule has 60 heteroatoms. The van der Waals surface area contributed by atoms with Gasteiger partial charge in [0.15, 0.2) is 0 Å². The van der Waals surface area contributed by atoms with Crippen molar-refractivity contribution in [2.24, 2.45) is 0 Å². The summed E-state index contributed by atoms with van der Waals surface area (Å²) in [7, 11) is 10.3. The van der Waals surface area contributed by atoms with Crippen molar-refractivity contribution in [3.8, 4) is 0 Å². The van der Waals surface area contributed by atoms with Gasteiger partial charge in [-0.3, -0.25) is 30.6 Å². The van der Waals surface area contributed by atoms with Crippen LogP contribution in [0.4, 0.5) is 41.4 Å². The van der Waals surface area contributed by atoms with Gasteiger partial charge < -0.3 is 86.1 Å². The molecule has 1 aromatic carbocycles. The van der Waals surface area contributed by atoms with Crippen LogP contribution in [0.1, 0.15) is 120 Å². The molecule has 0 saturated carbocycles. The summed E-state index contributed by atoms with van der Waals surface area (Å²) in [6.07, 6.45) is 12.3. The normalized spacial score (nSPS) is 17.5. The van der Waals surface area contributed by atoms with E-state index in [0.717, 1.165) is 38.3 Å². The maximum Gasteiger partial charge on any atom is 2.00 e. The number of aromatic nitrogens is 24. The van der Waals surface area contributed by atoms with E-state index in [1.54, 1.807) is 0 Å². The number of rotatable bonds is 23. The van der Waals surface area contributed by atoms with E-state index in [4.69, 9.17) is 0 Å². The Hall–Kier alpha value is -3.29. The van der Waals surface area contributed by atoms with E-state index in [0.29, 0.717) is 82.7 Å². The first-order valence-corrected chi connectivity index (χ1v) is 40.1. The third kappa shape index (κ3) is 29.9. The molecule has 0 unspecified atom stereocenters. The van der Waals surface area contributed by atoms with Crippen LogP contribution in [0.25, 0.3) is 0 Å². The minimum Gasteiger partial charge on any atom is -0.564 e. The van der Waals surface area contributed by atoms with Crippen molar-refractivity contribution in [2.75, 3.05) is 95.1 Å². The van der Waals surface area contributed by atoms with Gasteiger partial charge in [-0.1, -0.05) is 229 Å². The third-order valence-electron chi connectivity index (χ3n) is 22.1. The zero-order chi connectivity index (χ0) is 82.2. The van der Waals surface area contributed by atoms with Crippen molar-refractivity contribution < 1.29 is 126 Å². The Bertz CT molecular complexity index is 3640. The summed E-state index contributed by atoms with van der Waals surface area (Å²) >= 11 is 0. The van der Waals surface area contributed by atoms with E-state index in [1.165, 1.54) is 57.8 Å². The summed E-state index contributed by atoms with van der Waals surface area (Å²) in [6.45, 7) is 63.5. The van der Waals surface area contributed by atoms with Crippen molar-refractivity contribution >= 4 is 125 Å². The Labute approximate surface area is 799 Å². The first kappa shape index (κ1) is 112. The number of nitrogens with zero attached hydrogens (tertiary/aromatic N) is 42. The Kier molecular flexibility index (Phi) is 52.6. The van der Waals surface area contributed by atoms with Crippen LogP contribution in [0.2, 0.25) is 81.9 Å². The van der Waals surface area contributed by atoms with Crippen LogP contribution in [-0.4, -0.2) is 303 Å². The first-order chi connectivity index (χ1) is 54.2. The number of unbranched alkanes of at least 4 members (excludes halogenated alkanes) is 6. The van der Waals surface area contributed by atoms with Crippen molar-refractivity contribution in [1.29, 1.82) is 0 Å². The van der Waals surface area contributed by atoms with Gasteiger partial charge in [-0.25, -0.2) is 70.6 Å². The van der Waals surface area contributed by atoms with Gasteiger partial charge >= 0.3 is 126 Å². The van der Waals surface area contributed by atoms with E-state index >= 15 is 0 Å². The number of benzene rings is 1. The van der Waals surface area contributed by atoms with Crippen LogP contribution in [-0.2, 0) is 126 Å². The second-order valence-corrected chi connectivity index (χ2v) is 30.0. The summed E-state index contributed by atoms with van der Waals surface area (Å²) in [6, 6.07) is 11.1. The zero-order valence-electron chi connectivity index (χ0n) is 73.5. The van der Waals surface area contributed by atoms with Crippen molar-refractivity contribution in [2.45, 2.75) is 214 Å². The molecule has 6 aliphatic heterocycles. The fourth-order valence-electron chi connectivity index (χ4n) is 15.1. The second kappa shape index (κ2) is 56.0. The molecule has 0 radical (unpaired) electrons. The molecule has 6 fully saturated rings. The fourth-order valence-corrected chi connectivity index (χ4v) is 15.1. The monoisotopic (exact) mass is 2710 g/mol. The van der Waals surface area contributed by atoms with Gasteiger partial charge in [-0.2, -0.15) is 31.3 Å². The Morgan fingerprint density at radius 3 is 0.798 bits per heavy atom. The third-order valence-corrected chi connectivity index (χ3v) is 22.1. The molecule has 0 bridgehead atoms. The number of hydrogen-bond donors (Lipinski definition) is 0. The van der Waals surface area contributed by atoms with Gasteiger partial charge in [0, 0.05) is 0 Å². The standard InChI is InChI=1S/C13H19B2N7.C11H23B2N7.C10H21B2N7.C9H19B2N7.2C8H17B2N7.6Pt/c1-11(2)22-14(3)20(12-8-6-5-7-9-12)10-21(15(22)4)13-16-18-19-17-13;1-5-6-7-8-9-20-12(2)18(4)10-19(13(20)3)11-14-16-17-15-11;1-5-6-7-8-19-11(2)17(4)9-18(12(19)3)10-13-15-16-14-10;1-5-6-7-18-10(2)16(4)8-17(11(18)3)9-12-14-15-13-9;1-7(2)17-9(3)15(5)6-16(10(17)4)8-11-13-14-12-8;1-5-6-17-9(2)15(4)7-16(10(17)3)8-11-13-14-12-8;;;;;;/h5-11H,1-4H3;10H,5-9H2,1-4H3;9H,5-8H2,1-4H3;8H,5-7H2,1-4H3;6-7H,1-5H3;7H,5-6H2,1-4H3;;;;;;/q6*-2;6*+2. The maximum absolute atomic E-state index is 4.01. The average molecular weight is 2710 g/mol. The molecule has 119 heavy (non-hydrogen) atoms. The molecule has 6 aromatic heterocycles. The SMILES string of the molecule is CB1N(C)[CH-]N(c2nnn[n-]2)B(C)N1C(C)C.CB1N(c2ccccc2)[CH-]N(c2nnn[n-]2)B(C)N1C(C)C.CCCCCCN1B(C)N(C)[CH-]N(c2nnn[n-]2)B1C.CCCCCN1B(C)N(C)[CH-]N(c2nnn[n-]2)B1C.CCCCN1B(C)N(C)[CH-]N(c2nnn[n-]2)B1C.CCCN1B(C)N(C)[CH-]N(c2nnn[n-]2)B1C.[Pt+2].[Pt+2].[Pt+2].[Pt+2].[Pt+2].[Pt+2]. The minimum atomic E-state index is 0. The van der Waals surface area contributed by atoms with E-state index in [2.05, 4.69) is 359 Å². The molecule has 13 rings (SSSR count). The molecule has 0 amide bonds. The molecule has 42 nitrogen and oxygen atoms in total. The summed E-state index contributed by atoms with van der Waals surface area (Å²) in [5.74, 6) is 3.30. The van der Waals surface area contributed by atoms with Crippen LogP contribution in [0, 0.1) is 40.0 Å². The second-order valence-electron chi connectivity index (χ2n) is 30.0. The van der Waals surface area contributed by atoms with E-state index in [9.17, 15) is 0 Å². The van der Waals surface area contributed by atoms with Gasteiger partial charge in [-0.05, 0) is 81.8 Å². The van der Waals surface area contributed by atoms with Gasteiger partial charge in [0.25, 0.3) is 41.9 Å². The number of tetrazole rings is 6. The van der Waals surface area contributed by atoms with Crippen LogP contribution in [0.3, 0.4) is 0 Å². The van der Waals surface area contributed by atoms with Crippen molar-refractivity contribution in [3.63, 3.8) is 0 Å². The van der Waals surface area contributed by atoms with Crippen molar-refractivity contribution in [1.82, 2.24) is 176 Å². The fraction of sp³-hybridized carbons (Fsp3) is 0.695. The molecule has 7 aromatic rings. The average Bonchev–Trinajstić information content (AvgIpc) is 1.74. The minimum absolute atomic E-state index is 0. The topological polar surface area (TPSA) is 375 Å². The van der Waals surface area contributed by atoms with Gasteiger partial charge in [0.1, 0.15) is 0 Å². The first-order valence-electron chi connectivity index (χ1n) is 40.1. The Balaban J connectivity index is 0.000000480. The predicted molar refractivity (Wildman–Crippen MR) is 456 cm³/mol. The van der Waals surface area contributed by atoms with Crippen LogP contribution in [0.15, 0.2) is 30.3 Å². The molecular weight excluding hydrogens is 2600 g/mol. The Morgan fingerprint density at radius 2 is 0.521 bits per heavy atom. The summed E-state index contributed by atoms with van der Waals surface area (Å²) < 4.78 is 14.5. The number of para-hydroxylation sites is 1. The van der Waals surface area contributed by atoms with Crippen LogP contribution in [0.5, 0.6) is 0 Å². The summed E-state index contributed by atoms with van der Waals surface area (Å²) in [4.78, 5) is 25.0. The van der Waals surface area contributed by atoms with Gasteiger partial charge in [0.2, 0.25) is 41.9 Å². The van der Waals surface area contributed by atoms with E-state index < -0.39 is 0 Å². The van der Waals surface area contributed by atoms with E-state index in [1.807, 2.05) is 94.1 Å². The predicted octanol–water partition coefficient (Wildman–Crippen LogP) is 1.78. The molecule has 0 atom stereocenters. The van der Waals surface area contributed by atoms with Crippen LogP contribution < -0.4 is 64.3 Å². The Morgan fingerprint density at radius 1 is 0.277 bits per heavy atom. The molecule has 12 heterocycles. The molecule has 658 valence electrons. The van der Waals surface area contributed by atoms with Crippen LogP contribution >= 0.6 is 0 Å². The molecule has 0 aliphatic carbocycles. The maximum atomic E-state index is 4.01.